The maximum absolute atomic E-state index is 14.0. The Labute approximate surface area is 216 Å². The number of nitrogens with one attached hydrogen (secondary N) is 1. The van der Waals surface area contributed by atoms with Gasteiger partial charge in [-0.1, -0.05) is 23.2 Å². The lowest BCUT2D eigenvalue weighted by molar-refractivity contribution is 0.505. The molecule has 11 nitrogen and oxygen atoms in total. The molecule has 15 heteroatoms. The zero-order chi connectivity index (χ0) is 26.4. The first kappa shape index (κ1) is 24.6. The van der Waals surface area contributed by atoms with E-state index < -0.39 is 28.0 Å². The molecular weight excluding hydrogens is 531 g/mol. The predicted molar refractivity (Wildman–Crippen MR) is 132 cm³/mol. The van der Waals surface area contributed by atoms with Crippen LogP contribution >= 0.6 is 23.2 Å². The maximum Gasteiger partial charge on any atom is 0.355 e. The lowest BCUT2D eigenvalue weighted by atomic mass is 10.2. The van der Waals surface area contributed by atoms with Gasteiger partial charge in [-0.3, -0.25) is 13.9 Å². The molecule has 2 aromatic carbocycles. The Kier molecular flexibility index (Phi) is 6.25. The van der Waals surface area contributed by atoms with Crippen LogP contribution in [0.4, 0.5) is 20.4 Å². The first-order chi connectivity index (χ1) is 17.6. The van der Waals surface area contributed by atoms with Gasteiger partial charge in [0.15, 0.2) is 17.5 Å². The number of anilines is 2. The van der Waals surface area contributed by atoms with Crippen molar-refractivity contribution in [2.45, 2.75) is 13.1 Å². The molecule has 0 spiro atoms. The molecule has 190 valence electrons. The van der Waals surface area contributed by atoms with Gasteiger partial charge in [-0.2, -0.15) is 15.2 Å². The van der Waals surface area contributed by atoms with Crippen molar-refractivity contribution in [1.82, 2.24) is 38.7 Å². The van der Waals surface area contributed by atoms with E-state index >= 15 is 0 Å². The number of aryl methyl sites for hydroxylation is 2. The van der Waals surface area contributed by atoms with E-state index in [4.69, 9.17) is 23.2 Å². The minimum atomic E-state index is -1.21. The molecule has 37 heavy (non-hydrogen) atoms. The molecule has 1 N–H and O–H groups in total. The van der Waals surface area contributed by atoms with E-state index in [0.717, 1.165) is 20.6 Å². The second-order valence-electron chi connectivity index (χ2n) is 8.20. The molecule has 5 rings (SSSR count). The van der Waals surface area contributed by atoms with Gasteiger partial charge in [0.25, 0.3) is 0 Å². The summed E-state index contributed by atoms with van der Waals surface area (Å²) >= 11 is 12.2. The zero-order valence-corrected chi connectivity index (χ0v) is 20.8. The fraction of sp³-hybridized carbons (Fsp3) is 0.182. The summed E-state index contributed by atoms with van der Waals surface area (Å²) in [6, 6.07) is 5.38. The van der Waals surface area contributed by atoms with Crippen LogP contribution < -0.4 is 16.7 Å². The Morgan fingerprint density at radius 1 is 0.946 bits per heavy atom. The fourth-order valence-corrected chi connectivity index (χ4v) is 4.20. The van der Waals surface area contributed by atoms with E-state index in [1.54, 1.807) is 37.1 Å². The Bertz CT molecular complexity index is 1770. The van der Waals surface area contributed by atoms with Gasteiger partial charge in [0.2, 0.25) is 5.95 Å². The van der Waals surface area contributed by atoms with Gasteiger partial charge in [-0.25, -0.2) is 27.9 Å². The number of nitrogens with zero attached hydrogens (tertiary/aromatic N) is 8. The van der Waals surface area contributed by atoms with Gasteiger partial charge in [0, 0.05) is 25.7 Å². The molecule has 3 aromatic heterocycles. The Balaban J connectivity index is 1.63. The third-order valence-corrected chi connectivity index (χ3v) is 6.02. The fourth-order valence-electron chi connectivity index (χ4n) is 3.77. The molecular formula is C22H17Cl2F2N9O2. The Morgan fingerprint density at radius 2 is 1.73 bits per heavy atom. The van der Waals surface area contributed by atoms with E-state index in [1.807, 2.05) is 0 Å². The number of fused-ring (bicyclic) bond motifs is 1. The summed E-state index contributed by atoms with van der Waals surface area (Å²) in [5, 5.41) is 11.8. The van der Waals surface area contributed by atoms with Crippen LogP contribution in [0.25, 0.3) is 10.9 Å². The van der Waals surface area contributed by atoms with E-state index in [0.29, 0.717) is 11.2 Å². The Morgan fingerprint density at radius 3 is 2.43 bits per heavy atom. The summed E-state index contributed by atoms with van der Waals surface area (Å²) in [6.45, 7) is -0.555. The third kappa shape index (κ3) is 4.82. The summed E-state index contributed by atoms with van der Waals surface area (Å²) in [6.07, 6.45) is 3.18. The lowest BCUT2D eigenvalue weighted by Gasteiger charge is -2.16. The second kappa shape index (κ2) is 9.41. The molecule has 3 heterocycles. The average Bonchev–Trinajstić information content (AvgIpc) is 3.41. The highest BCUT2D eigenvalue weighted by Crippen LogP contribution is 2.29. The van der Waals surface area contributed by atoms with E-state index in [1.165, 1.54) is 17.1 Å². The van der Waals surface area contributed by atoms with Crippen molar-refractivity contribution < 1.29 is 8.78 Å². The third-order valence-electron chi connectivity index (χ3n) is 5.43. The van der Waals surface area contributed by atoms with Crippen LogP contribution in [-0.2, 0) is 27.2 Å². The first-order valence-electron chi connectivity index (χ1n) is 10.7. The average molecular weight is 548 g/mol. The van der Waals surface area contributed by atoms with Gasteiger partial charge in [-0.15, -0.1) is 0 Å². The highest BCUT2D eigenvalue weighted by atomic mass is 35.5. The van der Waals surface area contributed by atoms with Crippen LogP contribution in [0.5, 0.6) is 0 Å². The summed E-state index contributed by atoms with van der Waals surface area (Å²) in [5.41, 5.74) is -0.536. The van der Waals surface area contributed by atoms with Crippen LogP contribution in [0.2, 0.25) is 10.0 Å². The van der Waals surface area contributed by atoms with Crippen molar-refractivity contribution in [3.63, 3.8) is 0 Å². The molecule has 0 aliphatic rings. The first-order valence-corrected chi connectivity index (χ1v) is 11.4. The summed E-state index contributed by atoms with van der Waals surface area (Å²) in [5.74, 6) is -2.37. The molecule has 0 amide bonds. The molecule has 0 bridgehead atoms. The largest absolute Gasteiger partial charge is 0.355 e. The molecule has 0 fully saturated rings. The van der Waals surface area contributed by atoms with Gasteiger partial charge in [0.1, 0.15) is 6.33 Å². The number of hydrogen-bond donors (Lipinski definition) is 1. The van der Waals surface area contributed by atoms with Crippen LogP contribution in [0, 0.1) is 11.6 Å². The Hall–Kier alpha value is -4.10. The normalized spacial score (nSPS) is 11.4. The molecule has 5 aromatic rings. The van der Waals surface area contributed by atoms with Crippen molar-refractivity contribution >= 4 is 45.7 Å². The van der Waals surface area contributed by atoms with E-state index in [2.05, 4.69) is 25.5 Å². The van der Waals surface area contributed by atoms with Crippen LogP contribution in [0.15, 0.2) is 46.4 Å². The summed E-state index contributed by atoms with van der Waals surface area (Å²) in [7, 11) is 3.39. The molecule has 0 aliphatic heterocycles. The number of halogens is 4. The smallest absolute Gasteiger partial charge is 0.324 e. The number of benzene rings is 2. The van der Waals surface area contributed by atoms with Crippen LogP contribution in [-0.4, -0.2) is 38.7 Å². The number of aromatic nitrogens is 8. The molecule has 0 aliphatic carbocycles. The molecule has 0 radical (unpaired) electrons. The lowest BCUT2D eigenvalue weighted by Crippen LogP contribution is -2.43. The monoisotopic (exact) mass is 547 g/mol. The van der Waals surface area contributed by atoms with Gasteiger partial charge in [-0.05, 0) is 29.8 Å². The molecule has 0 unspecified atom stereocenters. The van der Waals surface area contributed by atoms with Crippen molar-refractivity contribution in [2.75, 3.05) is 5.32 Å². The van der Waals surface area contributed by atoms with Crippen molar-refractivity contribution in [3.05, 3.63) is 90.8 Å². The van der Waals surface area contributed by atoms with Crippen molar-refractivity contribution in [2.24, 2.45) is 14.1 Å². The van der Waals surface area contributed by atoms with Crippen LogP contribution in [0.3, 0.4) is 0 Å². The quantitative estimate of drug-likeness (QED) is 0.325. The predicted octanol–water partition coefficient (Wildman–Crippen LogP) is 2.85. The topological polar surface area (TPSA) is 117 Å². The number of hydrogen-bond acceptors (Lipinski definition) is 7. The van der Waals surface area contributed by atoms with E-state index in [9.17, 15) is 18.4 Å². The SMILES string of the molecule is Cn1cnc(Cn2c(=O)nc(Nc3cc4cn(C)nc4cc3Cl)n(Cc3cc(F)c(F)c(Cl)c3)c2=O)n1. The van der Waals surface area contributed by atoms with Gasteiger partial charge in [0.05, 0.1) is 34.3 Å². The van der Waals surface area contributed by atoms with E-state index in [-0.39, 0.29) is 35.4 Å². The van der Waals surface area contributed by atoms with Crippen molar-refractivity contribution in [3.8, 4) is 0 Å². The molecule has 0 saturated heterocycles. The van der Waals surface area contributed by atoms with Gasteiger partial charge < -0.3 is 5.32 Å². The minimum Gasteiger partial charge on any atom is -0.324 e. The summed E-state index contributed by atoms with van der Waals surface area (Å²) in [4.78, 5) is 34.4. The molecule has 0 atom stereocenters. The van der Waals surface area contributed by atoms with Gasteiger partial charge >= 0.3 is 11.4 Å². The maximum atomic E-state index is 14.0. The zero-order valence-electron chi connectivity index (χ0n) is 19.3. The summed E-state index contributed by atoms with van der Waals surface area (Å²) < 4.78 is 32.7. The molecule has 0 saturated carbocycles. The highest BCUT2D eigenvalue weighted by Gasteiger charge is 2.18. The standard InChI is InChI=1S/C22H17Cl2F2N9O2/c1-32-8-12-5-17(13(23)6-16(12)30-32)28-20-29-21(36)35(9-18-27-10-33(2)31-18)22(37)34(20)7-11-3-14(24)19(26)15(25)4-11/h3-6,8,10H,7,9H2,1-2H3,(H,28,29,36). The highest BCUT2D eigenvalue weighted by molar-refractivity contribution is 6.34. The second-order valence-corrected chi connectivity index (χ2v) is 9.01. The van der Waals surface area contributed by atoms with Crippen molar-refractivity contribution in [1.29, 1.82) is 0 Å². The van der Waals surface area contributed by atoms with Crippen LogP contribution in [0.1, 0.15) is 11.4 Å². The number of rotatable bonds is 6. The minimum absolute atomic E-state index is 0.158.